The molecule has 0 fully saturated rings. The first kappa shape index (κ1) is 9.51. The van der Waals surface area contributed by atoms with Crippen molar-refractivity contribution >= 4 is 22.9 Å². The SMILES string of the molecule is Cc1cccc2[nH]c(N(C)C(=N)N)nc12. The minimum Gasteiger partial charge on any atom is -0.370 e. The van der Waals surface area contributed by atoms with E-state index in [1.807, 2.05) is 25.1 Å². The minimum absolute atomic E-state index is 0.0355. The van der Waals surface area contributed by atoms with Crippen LogP contribution in [0.4, 0.5) is 5.95 Å². The van der Waals surface area contributed by atoms with Gasteiger partial charge in [0.2, 0.25) is 5.95 Å². The molecule has 1 heterocycles. The number of guanidine groups is 1. The predicted octanol–water partition coefficient (Wildman–Crippen LogP) is 1.20. The average molecular weight is 203 g/mol. The Bertz CT molecular complexity index is 514. The molecule has 2 aromatic rings. The summed E-state index contributed by atoms with van der Waals surface area (Å²) in [5.74, 6) is 0.554. The lowest BCUT2D eigenvalue weighted by atomic mass is 10.2. The predicted molar refractivity (Wildman–Crippen MR) is 61.1 cm³/mol. The quantitative estimate of drug-likeness (QED) is 0.481. The van der Waals surface area contributed by atoms with Gasteiger partial charge in [-0.25, -0.2) is 4.98 Å². The number of nitrogens with two attached hydrogens (primary N) is 1. The van der Waals surface area contributed by atoms with E-state index in [0.717, 1.165) is 16.6 Å². The molecular weight excluding hydrogens is 190 g/mol. The number of para-hydroxylation sites is 1. The summed E-state index contributed by atoms with van der Waals surface area (Å²) >= 11 is 0. The van der Waals surface area contributed by atoms with Gasteiger partial charge in [0.15, 0.2) is 5.96 Å². The highest BCUT2D eigenvalue weighted by atomic mass is 15.3. The fraction of sp³-hybridized carbons (Fsp3) is 0.200. The summed E-state index contributed by atoms with van der Waals surface area (Å²) in [6, 6.07) is 5.92. The second-order valence-corrected chi connectivity index (χ2v) is 3.48. The molecule has 0 atom stereocenters. The zero-order valence-electron chi connectivity index (χ0n) is 8.70. The number of nitrogens with zero attached hydrogens (tertiary/aromatic N) is 2. The number of fused-ring (bicyclic) bond motifs is 1. The molecule has 0 aliphatic carbocycles. The van der Waals surface area contributed by atoms with Crippen LogP contribution in [0.15, 0.2) is 18.2 Å². The maximum absolute atomic E-state index is 7.31. The Morgan fingerprint density at radius 1 is 1.53 bits per heavy atom. The van der Waals surface area contributed by atoms with Crippen molar-refractivity contribution in [1.82, 2.24) is 9.97 Å². The van der Waals surface area contributed by atoms with E-state index in [0.29, 0.717) is 5.95 Å². The molecule has 0 unspecified atom stereocenters. The van der Waals surface area contributed by atoms with E-state index in [1.165, 1.54) is 4.90 Å². The standard InChI is InChI=1S/C10H13N5/c1-6-4-3-5-7-8(6)14-10(13-7)15(2)9(11)12/h3-5H,1-2H3,(H3,11,12)(H,13,14). The average Bonchev–Trinajstić information content (AvgIpc) is 2.61. The van der Waals surface area contributed by atoms with E-state index in [9.17, 15) is 0 Å². The Hall–Kier alpha value is -2.04. The van der Waals surface area contributed by atoms with Crippen LogP contribution < -0.4 is 10.6 Å². The van der Waals surface area contributed by atoms with Gasteiger partial charge in [-0.3, -0.25) is 10.3 Å². The summed E-state index contributed by atoms with van der Waals surface area (Å²) in [6.07, 6.45) is 0. The molecule has 2 rings (SSSR count). The maximum atomic E-state index is 7.31. The third-order valence-electron chi connectivity index (χ3n) is 2.38. The van der Waals surface area contributed by atoms with Crippen LogP contribution in [0.3, 0.4) is 0 Å². The van der Waals surface area contributed by atoms with Gasteiger partial charge in [0.05, 0.1) is 11.0 Å². The van der Waals surface area contributed by atoms with Gasteiger partial charge in [0.1, 0.15) is 0 Å². The van der Waals surface area contributed by atoms with Gasteiger partial charge < -0.3 is 10.7 Å². The largest absolute Gasteiger partial charge is 0.370 e. The van der Waals surface area contributed by atoms with Gasteiger partial charge in [-0.15, -0.1) is 0 Å². The zero-order valence-corrected chi connectivity index (χ0v) is 8.70. The molecule has 78 valence electrons. The lowest BCUT2D eigenvalue weighted by Crippen LogP contribution is -2.33. The molecule has 0 aliphatic heterocycles. The highest BCUT2D eigenvalue weighted by molar-refractivity contribution is 5.92. The molecule has 0 bridgehead atoms. The zero-order chi connectivity index (χ0) is 11.0. The minimum atomic E-state index is -0.0355. The Morgan fingerprint density at radius 3 is 2.87 bits per heavy atom. The molecule has 15 heavy (non-hydrogen) atoms. The van der Waals surface area contributed by atoms with Crippen molar-refractivity contribution in [3.8, 4) is 0 Å². The van der Waals surface area contributed by atoms with Gasteiger partial charge in [-0.2, -0.15) is 0 Å². The molecule has 5 nitrogen and oxygen atoms in total. The summed E-state index contributed by atoms with van der Waals surface area (Å²) < 4.78 is 0. The van der Waals surface area contributed by atoms with Crippen molar-refractivity contribution < 1.29 is 0 Å². The van der Waals surface area contributed by atoms with E-state index >= 15 is 0 Å². The van der Waals surface area contributed by atoms with Crippen LogP contribution in [0.25, 0.3) is 11.0 Å². The lowest BCUT2D eigenvalue weighted by Gasteiger charge is -2.11. The molecule has 0 radical (unpaired) electrons. The van der Waals surface area contributed by atoms with Crippen molar-refractivity contribution in [2.24, 2.45) is 5.73 Å². The summed E-state index contributed by atoms with van der Waals surface area (Å²) in [6.45, 7) is 2.00. The van der Waals surface area contributed by atoms with Crippen LogP contribution in [-0.2, 0) is 0 Å². The number of benzene rings is 1. The van der Waals surface area contributed by atoms with Gasteiger partial charge >= 0.3 is 0 Å². The van der Waals surface area contributed by atoms with Crippen LogP contribution in [0, 0.1) is 12.3 Å². The number of imidazole rings is 1. The third-order valence-corrected chi connectivity index (χ3v) is 2.38. The summed E-state index contributed by atoms with van der Waals surface area (Å²) in [4.78, 5) is 8.99. The van der Waals surface area contributed by atoms with Gasteiger partial charge in [-0.05, 0) is 18.6 Å². The number of H-pyrrole nitrogens is 1. The number of rotatable bonds is 1. The number of nitrogens with one attached hydrogen (secondary N) is 2. The maximum Gasteiger partial charge on any atom is 0.210 e. The number of aryl methyl sites for hydroxylation is 1. The molecule has 4 N–H and O–H groups in total. The second-order valence-electron chi connectivity index (χ2n) is 3.48. The first-order valence-corrected chi connectivity index (χ1v) is 4.62. The van der Waals surface area contributed by atoms with Crippen molar-refractivity contribution in [2.45, 2.75) is 6.92 Å². The molecule has 0 spiro atoms. The van der Waals surface area contributed by atoms with Gasteiger partial charge in [0, 0.05) is 7.05 Å². The van der Waals surface area contributed by atoms with E-state index < -0.39 is 0 Å². The van der Waals surface area contributed by atoms with E-state index in [-0.39, 0.29) is 5.96 Å². The molecular formula is C10H13N5. The monoisotopic (exact) mass is 203 g/mol. The molecule has 0 saturated heterocycles. The van der Waals surface area contributed by atoms with Crippen molar-refractivity contribution in [1.29, 1.82) is 5.41 Å². The first-order valence-electron chi connectivity index (χ1n) is 4.62. The third kappa shape index (κ3) is 1.52. The van der Waals surface area contributed by atoms with E-state index in [2.05, 4.69) is 9.97 Å². The summed E-state index contributed by atoms with van der Waals surface area (Å²) in [5, 5.41) is 7.31. The molecule has 5 heteroatoms. The fourth-order valence-electron chi connectivity index (χ4n) is 1.44. The molecule has 0 amide bonds. The van der Waals surface area contributed by atoms with Crippen LogP contribution >= 0.6 is 0 Å². The van der Waals surface area contributed by atoms with Crippen molar-refractivity contribution in [3.05, 3.63) is 23.8 Å². The Kier molecular flexibility index (Phi) is 2.07. The molecule has 1 aromatic heterocycles. The van der Waals surface area contributed by atoms with Gasteiger partial charge in [-0.1, -0.05) is 12.1 Å². The Balaban J connectivity index is 2.56. The number of hydrogen-bond acceptors (Lipinski definition) is 2. The number of hydrogen-bond donors (Lipinski definition) is 3. The van der Waals surface area contributed by atoms with E-state index in [4.69, 9.17) is 11.1 Å². The highest BCUT2D eigenvalue weighted by Gasteiger charge is 2.09. The summed E-state index contributed by atoms with van der Waals surface area (Å²) in [7, 11) is 1.70. The molecule has 0 saturated carbocycles. The highest BCUT2D eigenvalue weighted by Crippen LogP contribution is 2.19. The lowest BCUT2D eigenvalue weighted by molar-refractivity contribution is 1.11. The smallest absolute Gasteiger partial charge is 0.210 e. The number of aromatic amines is 1. The van der Waals surface area contributed by atoms with Crippen LogP contribution in [-0.4, -0.2) is 23.0 Å². The van der Waals surface area contributed by atoms with E-state index in [1.54, 1.807) is 7.05 Å². The first-order chi connectivity index (χ1) is 7.09. The Morgan fingerprint density at radius 2 is 2.27 bits per heavy atom. The second kappa shape index (κ2) is 3.27. The molecule has 1 aromatic carbocycles. The molecule has 0 aliphatic rings. The van der Waals surface area contributed by atoms with Crippen LogP contribution in [0.5, 0.6) is 0 Å². The normalized spacial score (nSPS) is 10.5. The topological polar surface area (TPSA) is 81.8 Å². The van der Waals surface area contributed by atoms with Crippen LogP contribution in [0.2, 0.25) is 0 Å². The fourth-order valence-corrected chi connectivity index (χ4v) is 1.44. The number of aromatic nitrogens is 2. The van der Waals surface area contributed by atoms with Gasteiger partial charge in [0.25, 0.3) is 0 Å². The van der Waals surface area contributed by atoms with Crippen LogP contribution in [0.1, 0.15) is 5.56 Å². The van der Waals surface area contributed by atoms with Crippen molar-refractivity contribution in [3.63, 3.8) is 0 Å². The number of anilines is 1. The Labute approximate surface area is 87.4 Å². The summed E-state index contributed by atoms with van der Waals surface area (Å²) in [5.41, 5.74) is 8.35. The van der Waals surface area contributed by atoms with Crippen molar-refractivity contribution in [2.75, 3.05) is 11.9 Å².